The molecule has 1 aliphatic heterocycles. The van der Waals surface area contributed by atoms with Gasteiger partial charge in [0.2, 0.25) is 0 Å². The monoisotopic (exact) mass is 429 g/mol. The molecule has 160 valence electrons. The second-order valence-corrected chi connectivity index (χ2v) is 8.69. The van der Waals surface area contributed by atoms with Gasteiger partial charge in [-0.1, -0.05) is 24.3 Å². The molecule has 30 heavy (non-hydrogen) atoms. The van der Waals surface area contributed by atoms with Crippen molar-refractivity contribution in [3.8, 4) is 5.75 Å². The van der Waals surface area contributed by atoms with E-state index >= 15 is 0 Å². The van der Waals surface area contributed by atoms with E-state index in [0.717, 1.165) is 4.90 Å². The number of carbonyl (C=O) groups excluding carboxylic acids is 2. The number of ether oxygens (including phenoxy) is 3. The van der Waals surface area contributed by atoms with Gasteiger partial charge in [0.15, 0.2) is 5.79 Å². The van der Waals surface area contributed by atoms with E-state index in [2.05, 4.69) is 5.32 Å². The van der Waals surface area contributed by atoms with E-state index in [-0.39, 0.29) is 18.1 Å². The summed E-state index contributed by atoms with van der Waals surface area (Å²) in [6.45, 7) is 7.23. The molecule has 2 aromatic carbocycles. The van der Waals surface area contributed by atoms with E-state index < -0.39 is 11.8 Å². The highest BCUT2D eigenvalue weighted by molar-refractivity contribution is 7.99. The maximum Gasteiger partial charge on any atom is 0.308 e. The molecule has 0 aromatic heterocycles. The number of thioether (sulfide) groups is 1. The third kappa shape index (κ3) is 5.84. The number of hydrogen-bond donors (Lipinski definition) is 1. The van der Waals surface area contributed by atoms with Crippen molar-refractivity contribution in [2.24, 2.45) is 0 Å². The minimum atomic E-state index is -0.684. The smallest absolute Gasteiger partial charge is 0.308 e. The number of carbonyl (C=O) groups is 2. The van der Waals surface area contributed by atoms with Gasteiger partial charge in [0.1, 0.15) is 11.9 Å². The van der Waals surface area contributed by atoms with Crippen LogP contribution in [0.3, 0.4) is 0 Å². The number of esters is 1. The van der Waals surface area contributed by atoms with Crippen molar-refractivity contribution in [3.05, 3.63) is 59.7 Å². The molecule has 0 unspecified atom stereocenters. The van der Waals surface area contributed by atoms with Gasteiger partial charge in [-0.05, 0) is 45.0 Å². The van der Waals surface area contributed by atoms with Gasteiger partial charge in [0, 0.05) is 28.7 Å². The summed E-state index contributed by atoms with van der Waals surface area (Å²) in [7, 11) is 0. The van der Waals surface area contributed by atoms with Crippen LogP contribution in [-0.2, 0) is 14.3 Å². The van der Waals surface area contributed by atoms with Crippen LogP contribution in [0.25, 0.3) is 0 Å². The molecule has 0 saturated carbocycles. The van der Waals surface area contributed by atoms with E-state index in [1.165, 1.54) is 6.92 Å². The summed E-state index contributed by atoms with van der Waals surface area (Å²) in [4.78, 5) is 25.5. The number of amides is 1. The zero-order valence-electron chi connectivity index (χ0n) is 17.6. The maximum absolute atomic E-state index is 13.1. The fraction of sp³-hybridized carbons (Fsp3) is 0.391. The summed E-state index contributed by atoms with van der Waals surface area (Å²) < 4.78 is 16.9. The maximum atomic E-state index is 13.1. The average Bonchev–Trinajstić information content (AvgIpc) is 3.06. The van der Waals surface area contributed by atoms with Crippen LogP contribution >= 0.6 is 11.8 Å². The van der Waals surface area contributed by atoms with Crippen molar-refractivity contribution in [2.45, 2.75) is 50.5 Å². The topological polar surface area (TPSA) is 73.9 Å². The molecule has 0 spiro atoms. The molecule has 1 amide bonds. The first-order valence-electron chi connectivity index (χ1n) is 9.84. The Morgan fingerprint density at radius 2 is 1.93 bits per heavy atom. The lowest BCUT2D eigenvalue weighted by Crippen LogP contribution is -2.47. The van der Waals surface area contributed by atoms with E-state index in [0.29, 0.717) is 29.2 Å². The predicted octanol–water partition coefficient (Wildman–Crippen LogP) is 3.96. The van der Waals surface area contributed by atoms with Gasteiger partial charge in [-0.25, -0.2) is 0 Å². The highest BCUT2D eigenvalue weighted by atomic mass is 32.2. The third-order valence-corrected chi connectivity index (χ3v) is 5.88. The van der Waals surface area contributed by atoms with Crippen molar-refractivity contribution in [1.29, 1.82) is 0 Å². The quantitative estimate of drug-likeness (QED) is 0.408. The Labute approximate surface area is 181 Å². The first kappa shape index (κ1) is 22.3. The summed E-state index contributed by atoms with van der Waals surface area (Å²) in [5.74, 6) is -0.342. The zero-order valence-corrected chi connectivity index (χ0v) is 18.5. The summed E-state index contributed by atoms with van der Waals surface area (Å²) >= 11 is 1.65. The fourth-order valence-corrected chi connectivity index (χ4v) is 4.25. The molecular formula is C23H27NO5S. The summed E-state index contributed by atoms with van der Waals surface area (Å²) in [6, 6.07) is 14.8. The molecule has 1 aliphatic rings. The largest absolute Gasteiger partial charge is 0.426 e. The van der Waals surface area contributed by atoms with Gasteiger partial charge in [0.05, 0.1) is 12.6 Å². The van der Waals surface area contributed by atoms with Crippen LogP contribution in [0.5, 0.6) is 5.75 Å². The van der Waals surface area contributed by atoms with Crippen LogP contribution in [0, 0.1) is 6.92 Å². The molecule has 3 rings (SSSR count). The number of benzene rings is 2. The molecule has 1 fully saturated rings. The molecule has 0 bridgehead atoms. The minimum Gasteiger partial charge on any atom is -0.426 e. The lowest BCUT2D eigenvalue weighted by atomic mass is 10.1. The van der Waals surface area contributed by atoms with Crippen molar-refractivity contribution in [3.63, 3.8) is 0 Å². The standard InChI is InChI=1S/C23H27NO5S/c1-15-18(11-8-12-20(15)28-16(2)25)22(26)24-19(21-13-27-23(3,4)29-21)14-30-17-9-6-5-7-10-17/h5-12,19,21H,13-14H2,1-4H3,(H,24,26)/t19-,21+/m0/s1. The number of hydrogen-bond acceptors (Lipinski definition) is 6. The Kier molecular flexibility index (Phi) is 7.18. The van der Waals surface area contributed by atoms with Crippen LogP contribution in [0.2, 0.25) is 0 Å². The molecule has 1 heterocycles. The van der Waals surface area contributed by atoms with Crippen LogP contribution < -0.4 is 10.1 Å². The summed E-state index contributed by atoms with van der Waals surface area (Å²) in [5.41, 5.74) is 1.07. The Bertz CT molecular complexity index is 900. The fourth-order valence-electron chi connectivity index (χ4n) is 3.23. The normalized spacial score (nSPS) is 18.6. The second-order valence-electron chi connectivity index (χ2n) is 7.59. The predicted molar refractivity (Wildman–Crippen MR) is 116 cm³/mol. The molecule has 0 aliphatic carbocycles. The molecular weight excluding hydrogens is 402 g/mol. The molecule has 0 radical (unpaired) electrons. The van der Waals surface area contributed by atoms with Gasteiger partial charge >= 0.3 is 5.97 Å². The van der Waals surface area contributed by atoms with Crippen LogP contribution in [0.1, 0.15) is 36.7 Å². The van der Waals surface area contributed by atoms with Gasteiger partial charge in [-0.2, -0.15) is 0 Å². The van der Waals surface area contributed by atoms with Crippen molar-refractivity contribution in [2.75, 3.05) is 12.4 Å². The van der Waals surface area contributed by atoms with Crippen molar-refractivity contribution < 1.29 is 23.8 Å². The van der Waals surface area contributed by atoms with Gasteiger partial charge in [-0.15, -0.1) is 11.8 Å². The molecule has 6 nitrogen and oxygen atoms in total. The van der Waals surface area contributed by atoms with Gasteiger partial charge in [0.25, 0.3) is 5.91 Å². The van der Waals surface area contributed by atoms with E-state index in [1.807, 2.05) is 44.2 Å². The minimum absolute atomic E-state index is 0.242. The highest BCUT2D eigenvalue weighted by Gasteiger charge is 2.38. The third-order valence-electron chi connectivity index (χ3n) is 4.75. The van der Waals surface area contributed by atoms with Crippen LogP contribution in [0.15, 0.2) is 53.4 Å². The Morgan fingerprint density at radius 1 is 1.20 bits per heavy atom. The van der Waals surface area contributed by atoms with Gasteiger partial charge in [-0.3, -0.25) is 9.59 Å². The number of rotatable bonds is 7. The van der Waals surface area contributed by atoms with E-state index in [9.17, 15) is 9.59 Å². The molecule has 2 aromatic rings. The molecule has 7 heteroatoms. The lowest BCUT2D eigenvalue weighted by Gasteiger charge is -2.25. The zero-order chi connectivity index (χ0) is 21.7. The van der Waals surface area contributed by atoms with Gasteiger partial charge < -0.3 is 19.5 Å². The first-order chi connectivity index (χ1) is 14.2. The van der Waals surface area contributed by atoms with Crippen molar-refractivity contribution in [1.82, 2.24) is 5.32 Å². The van der Waals surface area contributed by atoms with Crippen LogP contribution in [0.4, 0.5) is 0 Å². The molecule has 1 N–H and O–H groups in total. The summed E-state index contributed by atoms with van der Waals surface area (Å²) in [5, 5.41) is 3.10. The molecule has 2 atom stereocenters. The number of nitrogens with one attached hydrogen (secondary N) is 1. The SMILES string of the molecule is CC(=O)Oc1cccc(C(=O)N[C@@H](CSc2ccccc2)[C@H]2COC(C)(C)O2)c1C. The Morgan fingerprint density at radius 3 is 2.57 bits per heavy atom. The van der Waals surface area contributed by atoms with Crippen molar-refractivity contribution >= 4 is 23.6 Å². The second kappa shape index (κ2) is 9.64. The molecule has 1 saturated heterocycles. The highest BCUT2D eigenvalue weighted by Crippen LogP contribution is 2.28. The van der Waals surface area contributed by atoms with E-state index in [1.54, 1.807) is 36.9 Å². The Balaban J connectivity index is 1.76. The van der Waals surface area contributed by atoms with Crippen LogP contribution in [-0.4, -0.2) is 42.2 Å². The Hall–Kier alpha value is -2.35. The first-order valence-corrected chi connectivity index (χ1v) is 10.8. The van der Waals surface area contributed by atoms with E-state index in [4.69, 9.17) is 14.2 Å². The summed E-state index contributed by atoms with van der Waals surface area (Å²) in [6.07, 6.45) is -0.267. The average molecular weight is 430 g/mol. The lowest BCUT2D eigenvalue weighted by molar-refractivity contribution is -0.140.